The molecular formula is C20H22N2O6S2. The Bertz CT molecular complexity index is 1090. The fraction of sp³-hybridized carbons (Fsp3) is 0.400. The van der Waals surface area contributed by atoms with Crippen molar-refractivity contribution < 1.29 is 27.5 Å². The highest BCUT2D eigenvalue weighted by atomic mass is 32.2. The molecule has 30 heavy (non-hydrogen) atoms. The Hall–Kier alpha value is -2.43. The number of para-hydroxylation sites is 1. The molecule has 0 aliphatic carbocycles. The maximum Gasteiger partial charge on any atom is 0.414 e. The summed E-state index contributed by atoms with van der Waals surface area (Å²) in [5.41, 5.74) is 2.80. The SMILES string of the molecule is COC(=O)c1sccc1S(=O)(=O)N1CCC(N2C(=O)OCc3cccc(C)c32)CC1. The first-order valence-electron chi connectivity index (χ1n) is 9.55. The topological polar surface area (TPSA) is 93.2 Å². The van der Waals surface area contributed by atoms with Gasteiger partial charge in [0.05, 0.1) is 12.8 Å². The summed E-state index contributed by atoms with van der Waals surface area (Å²) in [5.74, 6) is -0.665. The number of benzene rings is 1. The van der Waals surface area contributed by atoms with Crippen LogP contribution in [0.4, 0.5) is 10.5 Å². The van der Waals surface area contributed by atoms with Gasteiger partial charge in [0.15, 0.2) is 0 Å². The Balaban J connectivity index is 1.55. The molecule has 0 saturated carbocycles. The van der Waals surface area contributed by atoms with Crippen LogP contribution in [0, 0.1) is 6.92 Å². The van der Waals surface area contributed by atoms with Crippen LogP contribution in [0.15, 0.2) is 34.5 Å². The summed E-state index contributed by atoms with van der Waals surface area (Å²) in [6.45, 7) is 2.69. The molecular weight excluding hydrogens is 428 g/mol. The summed E-state index contributed by atoms with van der Waals surface area (Å²) in [6, 6.07) is 7.09. The van der Waals surface area contributed by atoms with Gasteiger partial charge >= 0.3 is 12.1 Å². The van der Waals surface area contributed by atoms with Crippen molar-refractivity contribution in [2.75, 3.05) is 25.1 Å². The number of rotatable bonds is 4. The molecule has 2 aromatic rings. The van der Waals surface area contributed by atoms with Crippen LogP contribution in [0.2, 0.25) is 0 Å². The molecule has 1 fully saturated rings. The molecule has 1 aromatic carbocycles. The van der Waals surface area contributed by atoms with E-state index in [2.05, 4.69) is 0 Å². The highest BCUT2D eigenvalue weighted by molar-refractivity contribution is 7.89. The molecule has 0 spiro atoms. The number of hydrogen-bond donors (Lipinski definition) is 0. The number of esters is 1. The maximum absolute atomic E-state index is 13.1. The molecule has 1 saturated heterocycles. The third kappa shape index (κ3) is 3.48. The van der Waals surface area contributed by atoms with Crippen LogP contribution < -0.4 is 4.90 Å². The molecule has 0 atom stereocenters. The van der Waals surface area contributed by atoms with Crippen molar-refractivity contribution in [1.29, 1.82) is 0 Å². The van der Waals surface area contributed by atoms with E-state index in [4.69, 9.17) is 9.47 Å². The Labute approximate surface area is 179 Å². The Morgan fingerprint density at radius 2 is 1.97 bits per heavy atom. The van der Waals surface area contributed by atoms with E-state index in [1.807, 2.05) is 25.1 Å². The molecule has 0 unspecified atom stereocenters. The molecule has 3 heterocycles. The third-order valence-electron chi connectivity index (χ3n) is 5.52. The number of fused-ring (bicyclic) bond motifs is 1. The van der Waals surface area contributed by atoms with E-state index in [9.17, 15) is 18.0 Å². The highest BCUT2D eigenvalue weighted by Crippen LogP contribution is 2.36. The van der Waals surface area contributed by atoms with Crippen molar-refractivity contribution in [3.8, 4) is 0 Å². The van der Waals surface area contributed by atoms with Crippen LogP contribution in [0.3, 0.4) is 0 Å². The lowest BCUT2D eigenvalue weighted by molar-refractivity contribution is 0.0602. The van der Waals surface area contributed by atoms with Gasteiger partial charge in [-0.3, -0.25) is 4.90 Å². The van der Waals surface area contributed by atoms with E-state index in [-0.39, 0.29) is 35.5 Å². The van der Waals surface area contributed by atoms with Crippen molar-refractivity contribution in [3.63, 3.8) is 0 Å². The van der Waals surface area contributed by atoms with Crippen LogP contribution >= 0.6 is 11.3 Å². The van der Waals surface area contributed by atoms with Gasteiger partial charge in [0.1, 0.15) is 16.4 Å². The van der Waals surface area contributed by atoms with Crippen molar-refractivity contribution in [2.45, 2.75) is 37.3 Å². The van der Waals surface area contributed by atoms with E-state index in [0.717, 1.165) is 28.2 Å². The minimum absolute atomic E-state index is 0.0311. The Morgan fingerprint density at radius 1 is 1.23 bits per heavy atom. The van der Waals surface area contributed by atoms with Crippen LogP contribution in [-0.2, 0) is 26.1 Å². The Kier molecular flexibility index (Phi) is 5.56. The summed E-state index contributed by atoms with van der Waals surface area (Å²) >= 11 is 1.04. The fourth-order valence-electron chi connectivity index (χ4n) is 4.03. The van der Waals surface area contributed by atoms with Gasteiger partial charge in [-0.15, -0.1) is 11.3 Å². The molecule has 0 radical (unpaired) electrons. The fourth-order valence-corrected chi connectivity index (χ4v) is 6.81. The van der Waals surface area contributed by atoms with Crippen LogP contribution in [0.5, 0.6) is 0 Å². The standard InChI is InChI=1S/C20H22N2O6S2/c1-13-4-3-5-14-12-28-20(24)22(17(13)14)15-6-9-21(10-7-15)30(25,26)16-8-11-29-18(16)19(23)27-2/h3-5,8,11,15H,6-7,9-10,12H2,1-2H3. The molecule has 8 nitrogen and oxygen atoms in total. The largest absolute Gasteiger partial charge is 0.465 e. The number of amides is 1. The van der Waals surface area contributed by atoms with Gasteiger partial charge in [0.25, 0.3) is 0 Å². The lowest BCUT2D eigenvalue weighted by Gasteiger charge is -2.40. The minimum Gasteiger partial charge on any atom is -0.465 e. The molecule has 2 aliphatic rings. The van der Waals surface area contributed by atoms with Gasteiger partial charge in [0, 0.05) is 24.7 Å². The number of nitrogens with zero attached hydrogens (tertiary/aromatic N) is 2. The van der Waals surface area contributed by atoms with Gasteiger partial charge in [-0.1, -0.05) is 18.2 Å². The van der Waals surface area contributed by atoms with Crippen LogP contribution in [0.1, 0.15) is 33.6 Å². The number of carbonyl (C=O) groups is 2. The molecule has 2 aliphatic heterocycles. The lowest BCUT2D eigenvalue weighted by atomic mass is 10.00. The zero-order valence-corrected chi connectivity index (χ0v) is 18.3. The maximum atomic E-state index is 13.1. The van der Waals surface area contributed by atoms with E-state index in [0.29, 0.717) is 12.8 Å². The summed E-state index contributed by atoms with van der Waals surface area (Å²) < 4.78 is 37.6. The highest BCUT2D eigenvalue weighted by Gasteiger charge is 2.38. The number of cyclic esters (lactones) is 1. The van der Waals surface area contributed by atoms with Crippen LogP contribution in [-0.4, -0.2) is 51.0 Å². The summed E-state index contributed by atoms with van der Waals surface area (Å²) in [6.07, 6.45) is 0.545. The predicted octanol–water partition coefficient (Wildman–Crippen LogP) is 3.15. The summed E-state index contributed by atoms with van der Waals surface area (Å²) in [7, 11) is -2.61. The number of piperidine rings is 1. The first-order chi connectivity index (χ1) is 14.3. The number of aryl methyl sites for hydroxylation is 1. The number of carbonyl (C=O) groups excluding carboxylic acids is 2. The molecule has 0 N–H and O–H groups in total. The first kappa shape index (κ1) is 20.8. The molecule has 1 amide bonds. The third-order valence-corrected chi connectivity index (χ3v) is 8.48. The molecule has 160 valence electrons. The lowest BCUT2D eigenvalue weighted by Crippen LogP contribution is -2.50. The van der Waals surface area contributed by atoms with E-state index in [1.165, 1.54) is 17.5 Å². The van der Waals surface area contributed by atoms with Gasteiger partial charge in [-0.05, 0) is 36.8 Å². The van der Waals surface area contributed by atoms with Gasteiger partial charge in [-0.25, -0.2) is 18.0 Å². The van der Waals surface area contributed by atoms with Gasteiger partial charge < -0.3 is 9.47 Å². The number of thiophene rings is 1. The Morgan fingerprint density at radius 3 is 2.67 bits per heavy atom. The predicted molar refractivity (Wildman–Crippen MR) is 111 cm³/mol. The van der Waals surface area contributed by atoms with E-state index < -0.39 is 22.1 Å². The van der Waals surface area contributed by atoms with E-state index >= 15 is 0 Å². The summed E-state index contributed by atoms with van der Waals surface area (Å²) in [5, 5.41) is 1.56. The number of ether oxygens (including phenoxy) is 2. The van der Waals surface area contributed by atoms with Crippen molar-refractivity contribution in [3.05, 3.63) is 45.6 Å². The van der Waals surface area contributed by atoms with Gasteiger partial charge in [-0.2, -0.15) is 4.31 Å². The van der Waals surface area contributed by atoms with Crippen molar-refractivity contribution in [1.82, 2.24) is 4.31 Å². The first-order valence-corrected chi connectivity index (χ1v) is 11.9. The second-order valence-corrected chi connectivity index (χ2v) is 10.1. The molecule has 0 bridgehead atoms. The number of sulfonamides is 1. The molecule has 4 rings (SSSR count). The number of methoxy groups -OCH3 is 1. The number of anilines is 1. The average Bonchev–Trinajstić information content (AvgIpc) is 3.25. The molecule has 1 aromatic heterocycles. The zero-order chi connectivity index (χ0) is 21.5. The van der Waals surface area contributed by atoms with E-state index in [1.54, 1.807) is 10.3 Å². The quantitative estimate of drug-likeness (QED) is 0.665. The number of hydrogen-bond acceptors (Lipinski definition) is 7. The summed E-state index contributed by atoms with van der Waals surface area (Å²) in [4.78, 5) is 26.2. The molecule has 10 heteroatoms. The normalized spacial score (nSPS) is 18.1. The second kappa shape index (κ2) is 8.01. The smallest absolute Gasteiger partial charge is 0.414 e. The monoisotopic (exact) mass is 450 g/mol. The second-order valence-electron chi connectivity index (χ2n) is 7.25. The van der Waals surface area contributed by atoms with Crippen molar-refractivity contribution in [2.24, 2.45) is 0 Å². The van der Waals surface area contributed by atoms with Crippen molar-refractivity contribution >= 4 is 39.1 Å². The van der Waals surface area contributed by atoms with Gasteiger partial charge in [0.2, 0.25) is 10.0 Å². The average molecular weight is 451 g/mol. The zero-order valence-electron chi connectivity index (χ0n) is 16.7. The minimum atomic E-state index is -3.83. The van der Waals surface area contributed by atoms with Crippen LogP contribution in [0.25, 0.3) is 0 Å².